The molecule has 1 aromatic carbocycles. The van der Waals surface area contributed by atoms with E-state index in [1.807, 2.05) is 0 Å². The van der Waals surface area contributed by atoms with Crippen LogP contribution >= 0.6 is 0 Å². The van der Waals surface area contributed by atoms with Crippen LogP contribution in [-0.2, 0) is 5.79 Å². The molecule has 0 aromatic heterocycles. The Balaban J connectivity index is 2.43. The highest BCUT2D eigenvalue weighted by molar-refractivity contribution is 5.71. The summed E-state index contributed by atoms with van der Waals surface area (Å²) >= 11 is 0. The van der Waals surface area contributed by atoms with Gasteiger partial charge in [0.25, 0.3) is 5.79 Å². The Bertz CT molecular complexity index is 319. The predicted molar refractivity (Wildman–Crippen MR) is 41.4 cm³/mol. The van der Waals surface area contributed by atoms with E-state index < -0.39 is 5.79 Å². The summed E-state index contributed by atoms with van der Waals surface area (Å²) in [6.07, 6.45) is 1.07. The van der Waals surface area contributed by atoms with E-state index in [4.69, 9.17) is 0 Å². The Morgan fingerprint density at radius 1 is 1.33 bits per heavy atom. The first-order chi connectivity index (χ1) is 5.81. The summed E-state index contributed by atoms with van der Waals surface area (Å²) in [5.74, 6) is -1.87. The van der Waals surface area contributed by atoms with Gasteiger partial charge in [-0.2, -0.15) is 0 Å². The first kappa shape index (κ1) is 7.09. The van der Waals surface area contributed by atoms with Crippen LogP contribution in [0.3, 0.4) is 0 Å². The Hall–Kier alpha value is -1.58. The van der Waals surface area contributed by atoms with Crippen LogP contribution in [0, 0.1) is 6.07 Å². The van der Waals surface area contributed by atoms with Crippen molar-refractivity contribution in [3.8, 4) is 0 Å². The zero-order valence-corrected chi connectivity index (χ0v) is 6.11. The van der Waals surface area contributed by atoms with E-state index in [1.165, 1.54) is 0 Å². The van der Waals surface area contributed by atoms with Crippen molar-refractivity contribution in [1.82, 2.24) is 0 Å². The molecule has 0 saturated carbocycles. The third-order valence-corrected chi connectivity index (χ3v) is 1.59. The van der Waals surface area contributed by atoms with Crippen molar-refractivity contribution >= 4 is 6.21 Å². The van der Waals surface area contributed by atoms with Crippen molar-refractivity contribution in [3.63, 3.8) is 0 Å². The van der Waals surface area contributed by atoms with Crippen LogP contribution in [-0.4, -0.2) is 6.21 Å². The second-order valence-corrected chi connectivity index (χ2v) is 2.40. The van der Waals surface area contributed by atoms with Crippen molar-refractivity contribution in [3.05, 3.63) is 35.9 Å². The first-order valence-corrected chi connectivity index (χ1v) is 3.43. The minimum atomic E-state index is -1.87. The fourth-order valence-electron chi connectivity index (χ4n) is 0.972. The fraction of sp³-hybridized carbons (Fsp3) is 0.125. The molecule has 3 nitrogen and oxygen atoms in total. The lowest BCUT2D eigenvalue weighted by atomic mass is 10.1. The van der Waals surface area contributed by atoms with E-state index in [1.54, 1.807) is 24.3 Å². The van der Waals surface area contributed by atoms with Gasteiger partial charge in [-0.05, 0) is 11.3 Å². The maximum atomic E-state index is 13.6. The number of halogens is 1. The molecule has 0 saturated heterocycles. The highest BCUT2D eigenvalue weighted by Crippen LogP contribution is 2.28. The summed E-state index contributed by atoms with van der Waals surface area (Å²) in [6.45, 7) is 0. The number of hydrogen-bond acceptors (Lipinski definition) is 3. The summed E-state index contributed by atoms with van der Waals surface area (Å²) in [4.78, 5) is 0. The van der Waals surface area contributed by atoms with Gasteiger partial charge in [0.2, 0.25) is 0 Å². The SMILES string of the molecule is FC1(c2cc[c]cc2)C=NN=N1. The van der Waals surface area contributed by atoms with Gasteiger partial charge < -0.3 is 0 Å². The number of nitrogens with zero attached hydrogens (tertiary/aromatic N) is 3. The molecule has 1 radical (unpaired) electrons. The zero-order valence-electron chi connectivity index (χ0n) is 6.11. The molecule has 1 heterocycles. The van der Waals surface area contributed by atoms with Crippen LogP contribution in [0.1, 0.15) is 5.56 Å². The van der Waals surface area contributed by atoms with Crippen LogP contribution in [0.4, 0.5) is 4.39 Å². The lowest BCUT2D eigenvalue weighted by molar-refractivity contribution is 0.278. The van der Waals surface area contributed by atoms with Crippen LogP contribution in [0.2, 0.25) is 0 Å². The Kier molecular flexibility index (Phi) is 1.46. The molecule has 1 aliphatic rings. The van der Waals surface area contributed by atoms with Gasteiger partial charge in [0.1, 0.15) is 0 Å². The highest BCUT2D eigenvalue weighted by atomic mass is 19.1. The summed E-state index contributed by atoms with van der Waals surface area (Å²) in [6, 6.07) is 9.22. The standard InChI is InChI=1S/C8H5FN3/c9-8(6-10-12-11-8)7-4-2-1-3-5-7/h2-6H. The van der Waals surface area contributed by atoms with E-state index in [9.17, 15) is 4.39 Å². The van der Waals surface area contributed by atoms with Gasteiger partial charge in [-0.15, -0.1) is 10.2 Å². The molecular weight excluding hydrogens is 157 g/mol. The summed E-state index contributed by atoms with van der Waals surface area (Å²) in [7, 11) is 0. The van der Waals surface area contributed by atoms with Gasteiger partial charge in [0.05, 0.1) is 6.21 Å². The third-order valence-electron chi connectivity index (χ3n) is 1.59. The summed E-state index contributed by atoms with van der Waals surface area (Å²) in [5.41, 5.74) is 0.422. The monoisotopic (exact) mass is 162 g/mol. The normalized spacial score (nSPS) is 26.4. The van der Waals surface area contributed by atoms with Gasteiger partial charge in [0, 0.05) is 5.56 Å². The van der Waals surface area contributed by atoms with Gasteiger partial charge >= 0.3 is 0 Å². The largest absolute Gasteiger partial charge is 0.283 e. The molecular formula is C8H5FN3. The van der Waals surface area contributed by atoms with E-state index in [0.29, 0.717) is 5.56 Å². The molecule has 1 aromatic rings. The molecule has 2 rings (SSSR count). The number of rotatable bonds is 1. The van der Waals surface area contributed by atoms with Crippen molar-refractivity contribution in [2.75, 3.05) is 0 Å². The molecule has 0 bridgehead atoms. The zero-order chi connectivity index (χ0) is 8.44. The molecule has 4 heteroatoms. The lowest BCUT2D eigenvalue weighted by Crippen LogP contribution is -2.15. The molecule has 12 heavy (non-hydrogen) atoms. The quantitative estimate of drug-likeness (QED) is 0.567. The maximum absolute atomic E-state index is 13.6. The van der Waals surface area contributed by atoms with Gasteiger partial charge in [-0.1, -0.05) is 24.3 Å². The van der Waals surface area contributed by atoms with Crippen LogP contribution in [0.25, 0.3) is 0 Å². The molecule has 59 valence electrons. The molecule has 1 unspecified atom stereocenters. The molecule has 0 aliphatic carbocycles. The molecule has 0 spiro atoms. The van der Waals surface area contributed by atoms with Gasteiger partial charge in [0.15, 0.2) is 0 Å². The van der Waals surface area contributed by atoms with Crippen molar-refractivity contribution in [2.45, 2.75) is 5.79 Å². The van der Waals surface area contributed by atoms with Crippen LogP contribution in [0.15, 0.2) is 39.7 Å². The van der Waals surface area contributed by atoms with Crippen molar-refractivity contribution in [1.29, 1.82) is 0 Å². The van der Waals surface area contributed by atoms with E-state index in [-0.39, 0.29) is 0 Å². The number of benzene rings is 1. The Morgan fingerprint density at radius 3 is 2.67 bits per heavy atom. The van der Waals surface area contributed by atoms with E-state index in [0.717, 1.165) is 6.21 Å². The first-order valence-electron chi connectivity index (χ1n) is 3.43. The van der Waals surface area contributed by atoms with Crippen LogP contribution in [0.5, 0.6) is 0 Å². The van der Waals surface area contributed by atoms with E-state index >= 15 is 0 Å². The average molecular weight is 162 g/mol. The van der Waals surface area contributed by atoms with Crippen LogP contribution < -0.4 is 0 Å². The Morgan fingerprint density at radius 2 is 2.08 bits per heavy atom. The highest BCUT2D eigenvalue weighted by Gasteiger charge is 2.32. The molecule has 0 fully saturated rings. The van der Waals surface area contributed by atoms with Crippen molar-refractivity contribution < 1.29 is 4.39 Å². The summed E-state index contributed by atoms with van der Waals surface area (Å²) in [5, 5.41) is 9.94. The molecule has 1 aliphatic heterocycles. The molecule has 0 amide bonds. The number of alkyl halides is 1. The predicted octanol–water partition coefficient (Wildman–Crippen LogP) is 2.06. The minimum absolute atomic E-state index is 0.422. The smallest absolute Gasteiger partial charge is 0.204 e. The molecule has 0 N–H and O–H groups in total. The second kappa shape index (κ2) is 2.48. The van der Waals surface area contributed by atoms with Gasteiger partial charge in [-0.3, -0.25) is 0 Å². The number of hydrogen-bond donors (Lipinski definition) is 0. The van der Waals surface area contributed by atoms with E-state index in [2.05, 4.69) is 21.5 Å². The average Bonchev–Trinajstić information content (AvgIpc) is 2.55. The Labute approximate surface area is 68.6 Å². The lowest BCUT2D eigenvalue weighted by Gasteiger charge is -2.09. The second-order valence-electron chi connectivity index (χ2n) is 2.40. The molecule has 1 atom stereocenters. The topological polar surface area (TPSA) is 37.1 Å². The summed E-state index contributed by atoms with van der Waals surface area (Å²) < 4.78 is 13.6. The van der Waals surface area contributed by atoms with Crippen molar-refractivity contribution in [2.24, 2.45) is 15.4 Å². The third kappa shape index (κ3) is 1.01. The van der Waals surface area contributed by atoms with Gasteiger partial charge in [-0.25, -0.2) is 4.39 Å². The maximum Gasteiger partial charge on any atom is 0.283 e. The fourth-order valence-corrected chi connectivity index (χ4v) is 0.972. The minimum Gasteiger partial charge on any atom is -0.204 e.